The van der Waals surface area contributed by atoms with Crippen LogP contribution in [0.5, 0.6) is 0 Å². The van der Waals surface area contributed by atoms with E-state index in [4.69, 9.17) is 11.6 Å². The highest BCUT2D eigenvalue weighted by molar-refractivity contribution is 6.31. The van der Waals surface area contributed by atoms with Crippen LogP contribution in [0.2, 0.25) is 5.02 Å². The van der Waals surface area contributed by atoms with Crippen molar-refractivity contribution >= 4 is 11.6 Å². The van der Waals surface area contributed by atoms with Gasteiger partial charge >= 0.3 is 0 Å². The number of aryl methyl sites for hydroxylation is 1. The standard InChI is InChI=1S/C15H23ClFN/c1-15(2,3)14(18-4)7-5-6-11-10-12(17)8-9-13(11)16/h8-10,14,18H,5-7H2,1-4H3. The van der Waals surface area contributed by atoms with E-state index >= 15 is 0 Å². The molecule has 1 aromatic carbocycles. The molecule has 0 saturated heterocycles. The highest BCUT2D eigenvalue weighted by Crippen LogP contribution is 2.24. The van der Waals surface area contributed by atoms with Crippen LogP contribution in [0, 0.1) is 11.2 Å². The van der Waals surface area contributed by atoms with E-state index < -0.39 is 0 Å². The normalized spacial score (nSPS) is 13.7. The summed E-state index contributed by atoms with van der Waals surface area (Å²) in [6, 6.07) is 5.03. The Bertz CT molecular complexity index is 385. The second kappa shape index (κ2) is 6.53. The Morgan fingerprint density at radius 3 is 2.56 bits per heavy atom. The van der Waals surface area contributed by atoms with Gasteiger partial charge < -0.3 is 5.32 Å². The lowest BCUT2D eigenvalue weighted by Crippen LogP contribution is -2.37. The van der Waals surface area contributed by atoms with E-state index in [1.54, 1.807) is 6.07 Å². The van der Waals surface area contributed by atoms with Crippen molar-refractivity contribution in [3.8, 4) is 0 Å². The number of benzene rings is 1. The summed E-state index contributed by atoms with van der Waals surface area (Å²) in [7, 11) is 1.99. The van der Waals surface area contributed by atoms with Gasteiger partial charge in [-0.3, -0.25) is 0 Å². The molecule has 0 fully saturated rings. The van der Waals surface area contributed by atoms with Gasteiger partial charge in [0.25, 0.3) is 0 Å². The molecule has 102 valence electrons. The van der Waals surface area contributed by atoms with Crippen molar-refractivity contribution in [2.45, 2.75) is 46.1 Å². The van der Waals surface area contributed by atoms with Crippen molar-refractivity contribution in [2.75, 3.05) is 7.05 Å². The second-order valence-electron chi connectivity index (χ2n) is 5.84. The predicted molar refractivity (Wildman–Crippen MR) is 76.7 cm³/mol. The molecule has 0 bridgehead atoms. The van der Waals surface area contributed by atoms with Crippen LogP contribution in [0.15, 0.2) is 18.2 Å². The highest BCUT2D eigenvalue weighted by atomic mass is 35.5. The Morgan fingerprint density at radius 2 is 2.00 bits per heavy atom. The molecule has 1 atom stereocenters. The van der Waals surface area contributed by atoms with Crippen LogP contribution < -0.4 is 5.32 Å². The second-order valence-corrected chi connectivity index (χ2v) is 6.24. The summed E-state index contributed by atoms with van der Waals surface area (Å²) >= 11 is 6.05. The first-order chi connectivity index (χ1) is 8.34. The van der Waals surface area contributed by atoms with E-state index in [0.717, 1.165) is 24.8 Å². The van der Waals surface area contributed by atoms with Gasteiger partial charge in [-0.25, -0.2) is 4.39 Å². The van der Waals surface area contributed by atoms with Crippen molar-refractivity contribution < 1.29 is 4.39 Å². The Morgan fingerprint density at radius 1 is 1.33 bits per heavy atom. The fraction of sp³-hybridized carbons (Fsp3) is 0.600. The van der Waals surface area contributed by atoms with Gasteiger partial charge in [0.05, 0.1) is 0 Å². The van der Waals surface area contributed by atoms with Gasteiger partial charge in [-0.1, -0.05) is 32.4 Å². The molecule has 0 saturated carbocycles. The van der Waals surface area contributed by atoms with Crippen LogP contribution in [-0.4, -0.2) is 13.1 Å². The summed E-state index contributed by atoms with van der Waals surface area (Å²) in [5.41, 5.74) is 1.14. The van der Waals surface area contributed by atoms with E-state index in [0.29, 0.717) is 11.1 Å². The first-order valence-electron chi connectivity index (χ1n) is 6.46. The summed E-state index contributed by atoms with van der Waals surface area (Å²) in [6.45, 7) is 6.68. The molecular weight excluding hydrogens is 249 g/mol. The van der Waals surface area contributed by atoms with Gasteiger partial charge in [0, 0.05) is 11.1 Å². The third kappa shape index (κ3) is 4.58. The van der Waals surface area contributed by atoms with Crippen molar-refractivity contribution in [1.82, 2.24) is 5.32 Å². The van der Waals surface area contributed by atoms with Gasteiger partial charge in [-0.05, 0) is 55.5 Å². The molecule has 0 aromatic heterocycles. The maximum absolute atomic E-state index is 13.1. The first-order valence-corrected chi connectivity index (χ1v) is 6.83. The Kier molecular flexibility index (Phi) is 5.61. The number of hydrogen-bond donors (Lipinski definition) is 1. The molecule has 1 rings (SSSR count). The van der Waals surface area contributed by atoms with E-state index in [2.05, 4.69) is 26.1 Å². The van der Waals surface area contributed by atoms with Crippen molar-refractivity contribution in [3.63, 3.8) is 0 Å². The van der Waals surface area contributed by atoms with Crippen LogP contribution in [0.1, 0.15) is 39.2 Å². The maximum Gasteiger partial charge on any atom is 0.123 e. The van der Waals surface area contributed by atoms with E-state index in [1.807, 2.05) is 7.05 Å². The quantitative estimate of drug-likeness (QED) is 0.835. The zero-order chi connectivity index (χ0) is 13.8. The minimum Gasteiger partial charge on any atom is -0.316 e. The minimum absolute atomic E-state index is 0.213. The van der Waals surface area contributed by atoms with E-state index in [1.165, 1.54) is 12.1 Å². The fourth-order valence-corrected chi connectivity index (χ4v) is 2.45. The van der Waals surface area contributed by atoms with Gasteiger partial charge in [0.15, 0.2) is 0 Å². The van der Waals surface area contributed by atoms with Crippen molar-refractivity contribution in [2.24, 2.45) is 5.41 Å². The zero-order valence-corrected chi connectivity index (χ0v) is 12.4. The summed E-state index contributed by atoms with van der Waals surface area (Å²) in [5, 5.41) is 4.01. The lowest BCUT2D eigenvalue weighted by Gasteiger charge is -2.30. The fourth-order valence-electron chi connectivity index (χ4n) is 2.24. The lowest BCUT2D eigenvalue weighted by molar-refractivity contribution is 0.263. The Hall–Kier alpha value is -0.600. The van der Waals surface area contributed by atoms with Crippen LogP contribution in [0.4, 0.5) is 4.39 Å². The van der Waals surface area contributed by atoms with Crippen molar-refractivity contribution in [3.05, 3.63) is 34.6 Å². The molecule has 1 unspecified atom stereocenters. The SMILES string of the molecule is CNC(CCCc1cc(F)ccc1Cl)C(C)(C)C. The number of nitrogens with one attached hydrogen (secondary N) is 1. The molecule has 0 amide bonds. The smallest absolute Gasteiger partial charge is 0.123 e. The average molecular weight is 272 g/mol. The minimum atomic E-state index is -0.213. The molecule has 0 aliphatic heterocycles. The number of hydrogen-bond acceptors (Lipinski definition) is 1. The van der Waals surface area contributed by atoms with Crippen LogP contribution in [-0.2, 0) is 6.42 Å². The third-order valence-corrected chi connectivity index (χ3v) is 3.71. The van der Waals surface area contributed by atoms with E-state index in [-0.39, 0.29) is 11.2 Å². The molecule has 0 aliphatic rings. The van der Waals surface area contributed by atoms with Crippen molar-refractivity contribution in [1.29, 1.82) is 0 Å². The van der Waals surface area contributed by atoms with E-state index in [9.17, 15) is 4.39 Å². The molecule has 1 nitrogen and oxygen atoms in total. The molecule has 1 N–H and O–H groups in total. The summed E-state index contributed by atoms with van der Waals surface area (Å²) < 4.78 is 13.1. The monoisotopic (exact) mass is 271 g/mol. The summed E-state index contributed by atoms with van der Waals surface area (Å²) in [4.78, 5) is 0. The molecule has 1 aromatic rings. The Labute approximate surface area is 115 Å². The highest BCUT2D eigenvalue weighted by Gasteiger charge is 2.22. The van der Waals surface area contributed by atoms with Crippen LogP contribution in [0.25, 0.3) is 0 Å². The molecule has 0 aliphatic carbocycles. The molecule has 0 spiro atoms. The van der Waals surface area contributed by atoms with Gasteiger partial charge in [-0.15, -0.1) is 0 Å². The maximum atomic E-state index is 13.1. The summed E-state index contributed by atoms with van der Waals surface area (Å²) in [5.74, 6) is -0.213. The number of rotatable bonds is 5. The third-order valence-electron chi connectivity index (χ3n) is 3.34. The molecule has 0 radical (unpaired) electrons. The topological polar surface area (TPSA) is 12.0 Å². The zero-order valence-electron chi connectivity index (χ0n) is 11.7. The molecule has 3 heteroatoms. The van der Waals surface area contributed by atoms with Crippen LogP contribution in [0.3, 0.4) is 0 Å². The Balaban J connectivity index is 2.53. The lowest BCUT2D eigenvalue weighted by atomic mass is 9.83. The van der Waals surface area contributed by atoms with Gasteiger partial charge in [-0.2, -0.15) is 0 Å². The predicted octanol–water partition coefficient (Wildman–Crippen LogP) is 4.44. The average Bonchev–Trinajstić information content (AvgIpc) is 2.27. The molecule has 18 heavy (non-hydrogen) atoms. The summed E-state index contributed by atoms with van der Waals surface area (Å²) in [6.07, 6.45) is 2.89. The molecular formula is C15H23ClFN. The van der Waals surface area contributed by atoms with Crippen LogP contribution >= 0.6 is 11.6 Å². The first kappa shape index (κ1) is 15.5. The largest absolute Gasteiger partial charge is 0.316 e. The number of halogens is 2. The molecule has 0 heterocycles. The van der Waals surface area contributed by atoms with Gasteiger partial charge in [0.2, 0.25) is 0 Å². The van der Waals surface area contributed by atoms with Gasteiger partial charge in [0.1, 0.15) is 5.82 Å².